The molecule has 3 N–H and O–H groups in total. The monoisotopic (exact) mass is 278 g/mol. The molecule has 6 nitrogen and oxygen atoms in total. The van der Waals surface area contributed by atoms with E-state index >= 15 is 0 Å². The number of aliphatic carboxylic acids is 1. The Labute approximate surface area is 117 Å². The lowest BCUT2D eigenvalue weighted by Gasteiger charge is -2.07. The number of anilines is 1. The fourth-order valence-corrected chi connectivity index (χ4v) is 1.63. The smallest absolute Gasteiger partial charge is 0.307 e. The van der Waals surface area contributed by atoms with Crippen LogP contribution in [0.15, 0.2) is 24.3 Å². The molecule has 20 heavy (non-hydrogen) atoms. The number of hydrogen-bond acceptors (Lipinski definition) is 3. The van der Waals surface area contributed by atoms with E-state index < -0.39 is 5.97 Å². The summed E-state index contributed by atoms with van der Waals surface area (Å²) in [6.45, 7) is 1.79. The summed E-state index contributed by atoms with van der Waals surface area (Å²) >= 11 is 0. The number of nitrogens with one attached hydrogen (secondary N) is 2. The third kappa shape index (κ3) is 5.99. The number of rotatable bonds is 7. The van der Waals surface area contributed by atoms with Crippen LogP contribution in [0, 0.1) is 0 Å². The second-order valence-electron chi connectivity index (χ2n) is 4.35. The molecule has 6 heteroatoms. The van der Waals surface area contributed by atoms with Crippen LogP contribution < -0.4 is 10.6 Å². The van der Waals surface area contributed by atoms with E-state index in [9.17, 15) is 14.4 Å². The van der Waals surface area contributed by atoms with Crippen LogP contribution in [0.25, 0.3) is 0 Å². The van der Waals surface area contributed by atoms with Crippen molar-refractivity contribution in [1.29, 1.82) is 0 Å². The van der Waals surface area contributed by atoms with E-state index in [1.165, 1.54) is 0 Å². The second kappa shape index (κ2) is 7.93. The lowest BCUT2D eigenvalue weighted by molar-refractivity contribution is -0.136. The molecule has 0 unspecified atom stereocenters. The van der Waals surface area contributed by atoms with Crippen LogP contribution >= 0.6 is 0 Å². The van der Waals surface area contributed by atoms with Gasteiger partial charge < -0.3 is 15.7 Å². The summed E-state index contributed by atoms with van der Waals surface area (Å²) in [6, 6.07) is 6.60. The minimum absolute atomic E-state index is 0.0952. The Kier molecular flexibility index (Phi) is 6.22. The van der Waals surface area contributed by atoms with Gasteiger partial charge in [0.15, 0.2) is 0 Å². The fourth-order valence-electron chi connectivity index (χ4n) is 1.63. The molecular formula is C14H18N2O4. The van der Waals surface area contributed by atoms with Crippen molar-refractivity contribution in [2.45, 2.75) is 26.2 Å². The van der Waals surface area contributed by atoms with Crippen molar-refractivity contribution >= 4 is 23.5 Å². The van der Waals surface area contributed by atoms with Gasteiger partial charge in [-0.2, -0.15) is 0 Å². The highest BCUT2D eigenvalue weighted by Crippen LogP contribution is 2.11. The molecule has 0 fully saturated rings. The Morgan fingerprint density at radius 1 is 1.20 bits per heavy atom. The normalized spacial score (nSPS) is 9.85. The van der Waals surface area contributed by atoms with E-state index in [0.29, 0.717) is 17.7 Å². The molecule has 0 saturated heterocycles. The molecule has 0 aliphatic heterocycles. The minimum atomic E-state index is -0.930. The highest BCUT2D eigenvalue weighted by atomic mass is 16.4. The average Bonchev–Trinajstić information content (AvgIpc) is 2.36. The van der Waals surface area contributed by atoms with E-state index in [0.717, 1.165) is 6.42 Å². The van der Waals surface area contributed by atoms with Crippen molar-refractivity contribution in [2.24, 2.45) is 0 Å². The summed E-state index contributed by atoms with van der Waals surface area (Å²) in [6.07, 6.45) is 1.02. The van der Waals surface area contributed by atoms with Crippen LogP contribution in [-0.2, 0) is 20.8 Å². The highest BCUT2D eigenvalue weighted by molar-refractivity contribution is 5.94. The van der Waals surface area contributed by atoms with Crippen molar-refractivity contribution in [3.63, 3.8) is 0 Å². The van der Waals surface area contributed by atoms with Gasteiger partial charge in [-0.15, -0.1) is 0 Å². The molecule has 0 saturated carbocycles. The van der Waals surface area contributed by atoms with Gasteiger partial charge in [0.25, 0.3) is 0 Å². The lowest BCUT2D eigenvalue weighted by atomic mass is 10.1. The maximum Gasteiger partial charge on any atom is 0.307 e. The lowest BCUT2D eigenvalue weighted by Crippen LogP contribution is -2.32. The van der Waals surface area contributed by atoms with E-state index in [-0.39, 0.29) is 24.8 Å². The molecule has 1 aromatic carbocycles. The first-order chi connectivity index (χ1) is 9.51. The largest absolute Gasteiger partial charge is 0.481 e. The Morgan fingerprint density at radius 2 is 1.95 bits per heavy atom. The maximum atomic E-state index is 11.6. The number of carbonyl (C=O) groups excluding carboxylic acids is 2. The van der Waals surface area contributed by atoms with E-state index in [1.807, 2.05) is 6.92 Å². The molecule has 1 rings (SSSR count). The summed E-state index contributed by atoms with van der Waals surface area (Å²) in [4.78, 5) is 33.4. The molecule has 0 aliphatic rings. The summed E-state index contributed by atoms with van der Waals surface area (Å²) in [5.74, 6) is -1.44. The van der Waals surface area contributed by atoms with Crippen LogP contribution in [0.4, 0.5) is 5.69 Å². The van der Waals surface area contributed by atoms with Crippen LogP contribution in [0.5, 0.6) is 0 Å². The van der Waals surface area contributed by atoms with Crippen LogP contribution in [0.3, 0.4) is 0 Å². The molecule has 0 bridgehead atoms. The molecule has 0 aromatic heterocycles. The number of amides is 2. The minimum Gasteiger partial charge on any atom is -0.481 e. The predicted octanol–water partition coefficient (Wildman–Crippen LogP) is 1.17. The quantitative estimate of drug-likeness (QED) is 0.697. The molecule has 108 valence electrons. The molecule has 0 radical (unpaired) electrons. The van der Waals surface area contributed by atoms with Gasteiger partial charge in [-0.1, -0.05) is 19.1 Å². The SMILES string of the molecule is CCCC(=O)NCC(=O)Nc1cccc(CC(=O)O)c1. The van der Waals surface area contributed by atoms with Gasteiger partial charge in [0.1, 0.15) is 0 Å². The molecular weight excluding hydrogens is 260 g/mol. The summed E-state index contributed by atoms with van der Waals surface area (Å²) in [7, 11) is 0. The molecule has 0 aliphatic carbocycles. The second-order valence-corrected chi connectivity index (χ2v) is 4.35. The first-order valence-electron chi connectivity index (χ1n) is 6.38. The first kappa shape index (κ1) is 15.7. The third-order valence-electron chi connectivity index (χ3n) is 2.49. The number of carboxylic acids is 1. The predicted molar refractivity (Wildman–Crippen MR) is 74.3 cm³/mol. The number of carbonyl (C=O) groups is 3. The van der Waals surface area contributed by atoms with E-state index in [4.69, 9.17) is 5.11 Å². The Hall–Kier alpha value is -2.37. The summed E-state index contributed by atoms with van der Waals surface area (Å²) in [5.41, 5.74) is 1.11. The van der Waals surface area contributed by atoms with Crippen LogP contribution in [0.1, 0.15) is 25.3 Å². The standard InChI is InChI=1S/C14H18N2O4/c1-2-4-12(17)15-9-13(18)16-11-6-3-5-10(7-11)8-14(19)20/h3,5-7H,2,4,8-9H2,1H3,(H,15,17)(H,16,18)(H,19,20). The Morgan fingerprint density at radius 3 is 2.60 bits per heavy atom. The van der Waals surface area contributed by atoms with Gasteiger partial charge >= 0.3 is 5.97 Å². The number of carboxylic acid groups (broad SMARTS) is 1. The van der Waals surface area contributed by atoms with Crippen molar-refractivity contribution in [3.8, 4) is 0 Å². The molecule has 1 aromatic rings. The zero-order valence-electron chi connectivity index (χ0n) is 11.3. The first-order valence-corrected chi connectivity index (χ1v) is 6.38. The summed E-state index contributed by atoms with van der Waals surface area (Å²) < 4.78 is 0. The number of benzene rings is 1. The Balaban J connectivity index is 2.49. The molecule has 2 amide bonds. The number of hydrogen-bond donors (Lipinski definition) is 3. The van der Waals surface area contributed by atoms with Gasteiger partial charge in [-0.3, -0.25) is 14.4 Å². The molecule has 0 spiro atoms. The molecule has 0 heterocycles. The average molecular weight is 278 g/mol. The van der Waals surface area contributed by atoms with Crippen molar-refractivity contribution in [3.05, 3.63) is 29.8 Å². The fraction of sp³-hybridized carbons (Fsp3) is 0.357. The highest BCUT2D eigenvalue weighted by Gasteiger charge is 2.06. The Bertz CT molecular complexity index is 500. The van der Waals surface area contributed by atoms with Gasteiger partial charge in [-0.05, 0) is 24.1 Å². The topological polar surface area (TPSA) is 95.5 Å². The van der Waals surface area contributed by atoms with Crippen molar-refractivity contribution in [1.82, 2.24) is 5.32 Å². The van der Waals surface area contributed by atoms with Gasteiger partial charge in [0, 0.05) is 12.1 Å². The van der Waals surface area contributed by atoms with Gasteiger partial charge in [0.05, 0.1) is 13.0 Å². The van der Waals surface area contributed by atoms with Gasteiger partial charge in [-0.25, -0.2) is 0 Å². The molecule has 0 atom stereocenters. The summed E-state index contributed by atoms with van der Waals surface area (Å²) in [5, 5.41) is 13.8. The van der Waals surface area contributed by atoms with Crippen molar-refractivity contribution in [2.75, 3.05) is 11.9 Å². The van der Waals surface area contributed by atoms with E-state index in [1.54, 1.807) is 24.3 Å². The van der Waals surface area contributed by atoms with Crippen LogP contribution in [0.2, 0.25) is 0 Å². The van der Waals surface area contributed by atoms with Gasteiger partial charge in [0.2, 0.25) is 11.8 Å². The third-order valence-corrected chi connectivity index (χ3v) is 2.49. The zero-order chi connectivity index (χ0) is 15.0. The maximum absolute atomic E-state index is 11.6. The van der Waals surface area contributed by atoms with Crippen LogP contribution in [-0.4, -0.2) is 29.4 Å². The zero-order valence-corrected chi connectivity index (χ0v) is 11.3. The van der Waals surface area contributed by atoms with Crippen molar-refractivity contribution < 1.29 is 19.5 Å². The van der Waals surface area contributed by atoms with E-state index in [2.05, 4.69) is 10.6 Å².